The van der Waals surface area contributed by atoms with E-state index in [-0.39, 0.29) is 90.4 Å². The number of anilines is 7. The Kier molecular flexibility index (Phi) is 33.8. The molecule has 0 bridgehead atoms. The first-order valence-corrected chi connectivity index (χ1v) is 55.7. The summed E-state index contributed by atoms with van der Waals surface area (Å²) in [5.41, 5.74) is 5.84. The second kappa shape index (κ2) is 47.1. The molecule has 35 nitrogen and oxygen atoms in total. The van der Waals surface area contributed by atoms with Crippen molar-refractivity contribution in [3.63, 3.8) is 0 Å². The fraction of sp³-hybridized carbons (Fsp3) is 0.362. The van der Waals surface area contributed by atoms with Crippen molar-refractivity contribution in [2.24, 2.45) is 5.92 Å². The van der Waals surface area contributed by atoms with Crippen LogP contribution in [-0.4, -0.2) is 281 Å². The topological polar surface area (TPSA) is 387 Å². The maximum Gasteiger partial charge on any atom is 0.269 e. The molecule has 4 N–H and O–H groups in total. The molecule has 5 aliphatic heterocycles. The molecule has 5 saturated heterocycles. The zero-order valence-electron chi connectivity index (χ0n) is 82.6. The number of morpholine rings is 1. The number of nitrogens with one attached hydrogen (secondary N) is 4. The Bertz CT molecular complexity index is 7580. The van der Waals surface area contributed by atoms with Gasteiger partial charge in [0.25, 0.3) is 26.7 Å². The van der Waals surface area contributed by atoms with Crippen molar-refractivity contribution in [1.29, 1.82) is 0 Å². The molecule has 0 radical (unpaired) electrons. The monoisotopic (exact) mass is 2090 g/mol. The average molecular weight is 2100 g/mol. The van der Waals surface area contributed by atoms with E-state index in [0.29, 0.717) is 130 Å². The van der Waals surface area contributed by atoms with Crippen LogP contribution in [0.1, 0.15) is 56.9 Å². The fourth-order valence-corrected chi connectivity index (χ4v) is 23.7. The van der Waals surface area contributed by atoms with Gasteiger partial charge in [-0.3, -0.25) is 42.0 Å². The van der Waals surface area contributed by atoms with Crippen LogP contribution in [0, 0.1) is 5.92 Å². The second-order valence-corrected chi connectivity index (χ2v) is 45.9. The van der Waals surface area contributed by atoms with Gasteiger partial charge in [0, 0.05) is 184 Å². The van der Waals surface area contributed by atoms with Crippen LogP contribution in [0.2, 0.25) is 10.0 Å². The number of sulfonamides is 1. The zero-order chi connectivity index (χ0) is 103. The van der Waals surface area contributed by atoms with Crippen molar-refractivity contribution in [2.75, 3.05) is 173 Å². The summed E-state index contributed by atoms with van der Waals surface area (Å²) in [7, 11) is -1.04. The standard InChI is InChI=1S/C36H43Cl2N7O3S.C35H38N6O6S2.C34H39N9O4S/c1-42(2)16-17-49(48)28-20-30(37)33(31(38)21-28)29-19-26-22-39-36(41-34(26)45(35(29)47)23-32(46)44-12-4-5-13-44)40-27-8-6-24(7-9-27)18-25-10-14-43(3)15-11-25;1-39-18-8-10-29(24-39)47-28-16-14-27(15-17-28)37-35-36-23-26-22-32(34(42)41(33(26)38-35)20-19-40(2)48(3,43)44)25-9-7-13-31(21-25)49(45,46)30-11-5-4-6-12-30;1-40(28-6-5-13-35-24-28)27-11-9-26(10-12-27)38-34-37-23-25-22-30(32-36-14-15-43(32)48(45,46)29-7-3-2-4-8-29)33(44)42(31(25)39-34)17-16-41-18-20-47-21-19-41/h6-9,19-22,25H,4-5,10-18,23H2,1-3H3,(H,39,40,41);4-7,9,11-17,21-23,29H,8,10,18-20,24H2,1-3H3,(H,36,37,38);2-4,7-12,14-15,22-23,28,35H,5-6,13,16-21,24H2,1H3,(H,37,38,39). The molecule has 41 heteroatoms. The molecule has 0 spiro atoms. The summed E-state index contributed by atoms with van der Waals surface area (Å²) in [6, 6.07) is 54.9. The van der Waals surface area contributed by atoms with Gasteiger partial charge < -0.3 is 55.2 Å². The molecule has 14 aromatic rings. The maximum absolute atomic E-state index is 14.3. The summed E-state index contributed by atoms with van der Waals surface area (Å²) < 4.78 is 110. The smallest absolute Gasteiger partial charge is 0.269 e. The number of carbonyl (C=O) groups excluding carboxylic acids is 1. The van der Waals surface area contributed by atoms with Crippen molar-refractivity contribution < 1.29 is 43.7 Å². The zero-order valence-corrected chi connectivity index (χ0v) is 87.3. The molecular formula is C105H120Cl2N22O13S4. The Morgan fingerprint density at radius 2 is 1.11 bits per heavy atom. The predicted molar refractivity (Wildman–Crippen MR) is 573 cm³/mol. The predicted octanol–water partition coefficient (Wildman–Crippen LogP) is 13.2. The van der Waals surface area contributed by atoms with Gasteiger partial charge >= 0.3 is 0 Å². The number of pyridine rings is 3. The number of sulfone groups is 1. The highest BCUT2D eigenvalue weighted by Crippen LogP contribution is 2.39. The van der Waals surface area contributed by atoms with Crippen LogP contribution in [0.25, 0.3) is 66.7 Å². The largest absolute Gasteiger partial charge is 0.489 e. The van der Waals surface area contributed by atoms with E-state index >= 15 is 0 Å². The number of ether oxygens (including phenoxy) is 2. The highest BCUT2D eigenvalue weighted by Gasteiger charge is 2.31. The first-order chi connectivity index (χ1) is 70.3. The van der Waals surface area contributed by atoms with Crippen LogP contribution < -0.4 is 47.6 Å². The Labute approximate surface area is 861 Å². The van der Waals surface area contributed by atoms with E-state index in [1.54, 1.807) is 107 Å². The number of carbonyl (C=O) groups is 1. The summed E-state index contributed by atoms with van der Waals surface area (Å²) >= 11 is 13.5. The number of benzene rings is 7. The third kappa shape index (κ3) is 25.4. The summed E-state index contributed by atoms with van der Waals surface area (Å²) in [5.74, 6) is 2.65. The molecule has 3 atom stereocenters. The minimum Gasteiger partial charge on any atom is -0.489 e. The lowest BCUT2D eigenvalue weighted by molar-refractivity contribution is -0.130. The van der Waals surface area contributed by atoms with Crippen LogP contribution in [0.3, 0.4) is 0 Å². The number of piperidine rings is 3. The van der Waals surface area contributed by atoms with Gasteiger partial charge in [-0.1, -0.05) is 83.9 Å². The molecule has 5 aliphatic rings. The fourth-order valence-electron chi connectivity index (χ4n) is 18.6. The summed E-state index contributed by atoms with van der Waals surface area (Å²) in [5, 5.41) is 15.3. The normalized spacial score (nSPS) is 16.6. The Hall–Kier alpha value is -12.6. The molecule has 7 aromatic heterocycles. The summed E-state index contributed by atoms with van der Waals surface area (Å²) in [6.07, 6.45) is 18.6. The molecule has 7 aromatic carbocycles. The number of fused-ring (bicyclic) bond motifs is 3. The molecule has 3 unspecified atom stereocenters. The quantitative estimate of drug-likeness (QED) is 0.0304. The number of amides is 1. The van der Waals surface area contributed by atoms with E-state index in [2.05, 4.69) is 111 Å². The minimum atomic E-state index is -4.01. The minimum absolute atomic E-state index is 0.00469. The number of rotatable bonds is 32. The van der Waals surface area contributed by atoms with Crippen LogP contribution >= 0.6 is 23.2 Å². The van der Waals surface area contributed by atoms with E-state index in [4.69, 9.17) is 42.6 Å². The number of likely N-dealkylation sites (N-methyl/N-ethyl adjacent to an activating group) is 3. The highest BCUT2D eigenvalue weighted by molar-refractivity contribution is 7.91. The van der Waals surface area contributed by atoms with Crippen molar-refractivity contribution in [3.8, 4) is 39.4 Å². The number of imidazole rings is 1. The van der Waals surface area contributed by atoms with Crippen molar-refractivity contribution >= 4 is 143 Å². The van der Waals surface area contributed by atoms with Gasteiger partial charge in [0.05, 0.1) is 66.1 Å². The van der Waals surface area contributed by atoms with E-state index in [1.165, 1.54) is 89.8 Å². The van der Waals surface area contributed by atoms with Crippen molar-refractivity contribution in [2.45, 2.75) is 109 Å². The van der Waals surface area contributed by atoms with E-state index < -0.39 is 51.8 Å². The van der Waals surface area contributed by atoms with Gasteiger partial charge in [-0.25, -0.2) is 53.5 Å². The number of aromatic nitrogens is 11. The van der Waals surface area contributed by atoms with Crippen LogP contribution in [-0.2, 0) is 76.3 Å². The highest BCUT2D eigenvalue weighted by atomic mass is 35.5. The van der Waals surface area contributed by atoms with Crippen molar-refractivity contribution in [1.82, 2.24) is 86.7 Å². The number of halogens is 2. The molecular weight excluding hydrogens is 1980 g/mol. The molecule has 146 heavy (non-hydrogen) atoms. The number of hydrogen-bond donors (Lipinski definition) is 4. The van der Waals surface area contributed by atoms with Gasteiger partial charge in [-0.15, -0.1) is 0 Å². The summed E-state index contributed by atoms with van der Waals surface area (Å²) in [6.45, 7) is 11.8. The Morgan fingerprint density at radius 1 is 0.555 bits per heavy atom. The number of hydrogen-bond acceptors (Lipinski definition) is 29. The van der Waals surface area contributed by atoms with E-state index in [1.807, 2.05) is 67.5 Å². The lowest BCUT2D eigenvalue weighted by atomic mass is 9.90. The van der Waals surface area contributed by atoms with Crippen LogP contribution in [0.4, 0.5) is 40.6 Å². The van der Waals surface area contributed by atoms with Gasteiger partial charge in [-0.2, -0.15) is 15.0 Å². The van der Waals surface area contributed by atoms with Gasteiger partial charge in [0.1, 0.15) is 35.3 Å². The molecule has 5 fully saturated rings. The second-order valence-electron chi connectivity index (χ2n) is 37.7. The molecule has 12 heterocycles. The van der Waals surface area contributed by atoms with Crippen LogP contribution in [0.15, 0.2) is 253 Å². The first kappa shape index (κ1) is 105. The third-order valence-corrected chi connectivity index (χ3v) is 33.7. The van der Waals surface area contributed by atoms with Crippen LogP contribution in [0.5, 0.6) is 5.75 Å². The first-order valence-electron chi connectivity index (χ1n) is 48.9. The van der Waals surface area contributed by atoms with Gasteiger partial charge in [0.2, 0.25) is 43.6 Å². The molecule has 766 valence electrons. The number of nitrogens with zero attached hydrogens (tertiary/aromatic N) is 18. The Balaban J connectivity index is 0.000000150. The lowest BCUT2D eigenvalue weighted by Crippen LogP contribution is -2.44. The van der Waals surface area contributed by atoms with Crippen molar-refractivity contribution in [3.05, 3.63) is 266 Å². The van der Waals surface area contributed by atoms with Gasteiger partial charge in [0.15, 0.2) is 5.82 Å². The number of likely N-dealkylation sites (tertiary alicyclic amines) is 3. The molecule has 1 amide bonds. The SMILES string of the molecule is CN(C)CCS(=O)c1cc(Cl)c(-c2cc3cnc(Nc4ccc(CC5CCN(C)CC5)cc4)nc3n(CC(=O)N3CCCC3)c2=O)c(Cl)c1.CN(c1ccc(Nc2ncc3cc(-c4nccn4S(=O)(=O)c4ccccc4)c(=O)n(CCN4CCOCC4)c3n2)cc1)C1CCCNC1.CN1CCCC(Oc2ccc(Nc3ncc4cc(-c5cccc(S(=O)(=O)c6ccccc6)c5)c(=O)n(CCN(C)S(C)(=O)=O)c4n3)cc2)C1. The van der Waals surface area contributed by atoms with Gasteiger partial charge in [-0.05, 0) is 257 Å². The van der Waals surface area contributed by atoms with E-state index in [0.717, 1.165) is 128 Å². The molecule has 0 saturated carbocycles. The van der Waals surface area contributed by atoms with E-state index in [9.17, 15) is 48.6 Å². The Morgan fingerprint density at radius 3 is 1.70 bits per heavy atom. The molecule has 19 rings (SSSR count). The third-order valence-electron chi connectivity index (χ3n) is 27.0. The average Bonchev–Trinajstić information content (AvgIpc) is 1.16. The summed E-state index contributed by atoms with van der Waals surface area (Å²) in [4.78, 5) is 102. The maximum atomic E-state index is 14.3. The lowest BCUT2D eigenvalue weighted by Gasteiger charge is -2.33. The molecule has 0 aliphatic carbocycles.